The van der Waals surface area contributed by atoms with Crippen molar-refractivity contribution in [2.45, 2.75) is 24.1 Å². The highest BCUT2D eigenvalue weighted by Crippen LogP contribution is 2.23. The molecule has 0 spiro atoms. The first-order valence-electron chi connectivity index (χ1n) is 7.04. The predicted octanol–water partition coefficient (Wildman–Crippen LogP) is 2.11. The van der Waals surface area contributed by atoms with Crippen molar-refractivity contribution in [3.63, 3.8) is 0 Å². The monoisotopic (exact) mass is 335 g/mol. The molecule has 2 N–H and O–H groups in total. The summed E-state index contributed by atoms with van der Waals surface area (Å²) in [6.07, 6.45) is 3.15. The topological polar surface area (TPSA) is 67.2 Å². The average molecular weight is 335 g/mol. The smallest absolute Gasteiger partial charge is 0.240 e. The minimum atomic E-state index is -0.276. The number of halogens is 1. The molecule has 7 heteroatoms. The van der Waals surface area contributed by atoms with Crippen molar-refractivity contribution in [3.8, 4) is 0 Å². The number of carbonyl (C=O) groups excluding carboxylic acids is 1. The predicted molar refractivity (Wildman–Crippen MR) is 87.3 cm³/mol. The summed E-state index contributed by atoms with van der Waals surface area (Å²) in [6.45, 7) is 3.82. The summed E-state index contributed by atoms with van der Waals surface area (Å²) in [5.74, 6) is 0.138. The number of hydrogen-bond donors (Lipinski definition) is 2. The van der Waals surface area contributed by atoms with Gasteiger partial charge in [-0.1, -0.05) is 30.0 Å². The Kier molecular flexibility index (Phi) is 6.37. The number of amides is 1. The molecule has 0 saturated heterocycles. The summed E-state index contributed by atoms with van der Waals surface area (Å²) < 4.78 is 14.6. The van der Waals surface area contributed by atoms with Crippen molar-refractivity contribution in [1.82, 2.24) is 14.9 Å². The van der Waals surface area contributed by atoms with E-state index in [9.17, 15) is 14.3 Å². The molecule has 1 aromatic heterocycles. The Hall–Kier alpha value is -2.12. The van der Waals surface area contributed by atoms with Crippen molar-refractivity contribution >= 4 is 17.7 Å². The van der Waals surface area contributed by atoms with E-state index in [4.69, 9.17) is 0 Å². The molecule has 5 nitrogen and oxygen atoms in total. The summed E-state index contributed by atoms with van der Waals surface area (Å²) in [5, 5.41) is 12.7. The van der Waals surface area contributed by atoms with Gasteiger partial charge in [-0.15, -0.1) is 6.58 Å². The number of rotatable bonds is 8. The molecule has 2 aromatic rings. The molecular formula is C16H18FN3O2S. The van der Waals surface area contributed by atoms with Crippen molar-refractivity contribution < 1.29 is 14.3 Å². The van der Waals surface area contributed by atoms with Gasteiger partial charge in [0.05, 0.1) is 18.5 Å². The summed E-state index contributed by atoms with van der Waals surface area (Å²) >= 11 is 1.43. The van der Waals surface area contributed by atoms with Gasteiger partial charge in [0.2, 0.25) is 5.91 Å². The van der Waals surface area contributed by atoms with Crippen molar-refractivity contribution in [2.24, 2.45) is 0 Å². The number of nitrogens with zero attached hydrogens (tertiary/aromatic N) is 2. The number of aliphatic hydroxyl groups excluding tert-OH is 1. The molecule has 0 atom stereocenters. The van der Waals surface area contributed by atoms with Gasteiger partial charge in [-0.3, -0.25) is 4.79 Å². The van der Waals surface area contributed by atoms with Gasteiger partial charge in [0.15, 0.2) is 5.16 Å². The van der Waals surface area contributed by atoms with Crippen LogP contribution in [0.4, 0.5) is 4.39 Å². The van der Waals surface area contributed by atoms with E-state index in [1.165, 1.54) is 23.9 Å². The van der Waals surface area contributed by atoms with E-state index in [2.05, 4.69) is 16.9 Å². The average Bonchev–Trinajstić information content (AvgIpc) is 2.94. The van der Waals surface area contributed by atoms with Crippen molar-refractivity contribution in [2.75, 3.05) is 6.54 Å². The van der Waals surface area contributed by atoms with Crippen molar-refractivity contribution in [3.05, 3.63) is 60.2 Å². The largest absolute Gasteiger partial charge is 0.390 e. The van der Waals surface area contributed by atoms with Crippen LogP contribution >= 0.6 is 11.8 Å². The fourth-order valence-corrected chi connectivity index (χ4v) is 2.87. The van der Waals surface area contributed by atoms with E-state index >= 15 is 0 Å². The van der Waals surface area contributed by atoms with Crippen molar-refractivity contribution in [1.29, 1.82) is 0 Å². The molecule has 0 radical (unpaired) electrons. The first-order chi connectivity index (χ1) is 11.1. The lowest BCUT2D eigenvalue weighted by Crippen LogP contribution is -2.28. The van der Waals surface area contributed by atoms with E-state index in [0.29, 0.717) is 23.1 Å². The molecule has 0 saturated carbocycles. The first kappa shape index (κ1) is 17.2. The van der Waals surface area contributed by atoms with Crippen LogP contribution in [0.1, 0.15) is 11.3 Å². The summed E-state index contributed by atoms with van der Waals surface area (Å²) in [7, 11) is 0. The number of aromatic nitrogens is 2. The zero-order valence-electron chi connectivity index (χ0n) is 12.5. The van der Waals surface area contributed by atoms with Gasteiger partial charge in [0.1, 0.15) is 12.4 Å². The third-order valence-corrected chi connectivity index (χ3v) is 4.15. The van der Waals surface area contributed by atoms with E-state index < -0.39 is 0 Å². The third-order valence-electron chi connectivity index (χ3n) is 3.09. The van der Waals surface area contributed by atoms with Crippen LogP contribution in [-0.2, 0) is 23.7 Å². The third kappa shape index (κ3) is 4.94. The molecule has 1 amide bonds. The minimum absolute atomic E-state index is 0.0789. The molecule has 0 aliphatic heterocycles. The van der Waals surface area contributed by atoms with Gasteiger partial charge in [-0.05, 0) is 17.7 Å². The Bertz CT molecular complexity index is 670. The van der Waals surface area contributed by atoms with Gasteiger partial charge >= 0.3 is 0 Å². The second kappa shape index (κ2) is 8.50. The SMILES string of the molecule is C=CCNC(=O)Cn1c(CO)cnc1SCc1ccc(F)cc1. The second-order valence-corrected chi connectivity index (χ2v) is 5.73. The quantitative estimate of drug-likeness (QED) is 0.573. The first-order valence-corrected chi connectivity index (χ1v) is 8.02. The molecule has 1 heterocycles. The number of aliphatic hydroxyl groups is 1. The van der Waals surface area contributed by atoms with Crippen LogP contribution in [0.2, 0.25) is 0 Å². The number of thioether (sulfide) groups is 1. The number of benzene rings is 1. The Morgan fingerprint density at radius 1 is 1.43 bits per heavy atom. The number of carbonyl (C=O) groups is 1. The van der Waals surface area contributed by atoms with Crippen LogP contribution < -0.4 is 5.32 Å². The molecule has 2 rings (SSSR count). The summed E-state index contributed by atoms with van der Waals surface area (Å²) in [6, 6.07) is 6.23. The highest BCUT2D eigenvalue weighted by molar-refractivity contribution is 7.98. The Morgan fingerprint density at radius 3 is 2.83 bits per heavy atom. The van der Waals surface area contributed by atoms with E-state index in [-0.39, 0.29) is 24.9 Å². The van der Waals surface area contributed by atoms with Crippen LogP contribution in [0.15, 0.2) is 48.3 Å². The highest BCUT2D eigenvalue weighted by Gasteiger charge is 2.13. The van der Waals surface area contributed by atoms with Gasteiger partial charge < -0.3 is 15.0 Å². The molecule has 23 heavy (non-hydrogen) atoms. The zero-order valence-corrected chi connectivity index (χ0v) is 13.4. The number of nitrogens with one attached hydrogen (secondary N) is 1. The van der Waals surface area contributed by atoms with Gasteiger partial charge in [0.25, 0.3) is 0 Å². The standard InChI is InChI=1S/C16H18FN3O2S/c1-2-7-18-15(22)9-20-14(10-21)8-19-16(20)23-11-12-3-5-13(17)6-4-12/h2-6,8,21H,1,7,9-11H2,(H,18,22). The zero-order chi connectivity index (χ0) is 16.7. The highest BCUT2D eigenvalue weighted by atomic mass is 32.2. The van der Waals surface area contributed by atoms with Crippen LogP contribution in [0, 0.1) is 5.82 Å². The molecule has 1 aromatic carbocycles. The summed E-state index contributed by atoms with van der Waals surface area (Å²) in [4.78, 5) is 16.1. The molecule has 0 aliphatic rings. The fourth-order valence-electron chi connectivity index (χ4n) is 1.92. The lowest BCUT2D eigenvalue weighted by molar-refractivity contribution is -0.121. The second-order valence-electron chi connectivity index (χ2n) is 4.78. The lowest BCUT2D eigenvalue weighted by Gasteiger charge is -2.10. The maximum absolute atomic E-state index is 12.9. The van der Waals surface area contributed by atoms with Gasteiger partial charge in [0, 0.05) is 12.3 Å². The van der Waals surface area contributed by atoms with Gasteiger partial charge in [-0.2, -0.15) is 0 Å². The van der Waals surface area contributed by atoms with Crippen LogP contribution in [0.3, 0.4) is 0 Å². The number of hydrogen-bond acceptors (Lipinski definition) is 4. The Labute approximate surface area is 138 Å². The molecule has 0 unspecified atom stereocenters. The van der Waals surface area contributed by atoms with E-state index in [1.807, 2.05) is 0 Å². The number of imidazole rings is 1. The lowest BCUT2D eigenvalue weighted by atomic mass is 10.2. The normalized spacial score (nSPS) is 10.5. The molecule has 0 fully saturated rings. The molecule has 0 aliphatic carbocycles. The van der Waals surface area contributed by atoms with Crippen LogP contribution in [0.5, 0.6) is 0 Å². The fraction of sp³-hybridized carbons (Fsp3) is 0.250. The molecule has 0 bridgehead atoms. The Balaban J connectivity index is 2.06. The molecule has 122 valence electrons. The van der Waals surface area contributed by atoms with E-state index in [1.54, 1.807) is 29.0 Å². The van der Waals surface area contributed by atoms with E-state index in [0.717, 1.165) is 5.56 Å². The van der Waals surface area contributed by atoms with Crippen LogP contribution in [0.25, 0.3) is 0 Å². The van der Waals surface area contributed by atoms with Gasteiger partial charge in [-0.25, -0.2) is 9.37 Å². The molecular weight excluding hydrogens is 317 g/mol. The minimum Gasteiger partial charge on any atom is -0.390 e. The maximum atomic E-state index is 12.9. The summed E-state index contributed by atoms with van der Waals surface area (Å²) in [5.41, 5.74) is 1.52. The maximum Gasteiger partial charge on any atom is 0.240 e. The Morgan fingerprint density at radius 2 is 2.17 bits per heavy atom. The van der Waals surface area contributed by atoms with Crippen LogP contribution in [-0.4, -0.2) is 27.1 Å².